The van der Waals surface area contributed by atoms with Gasteiger partial charge in [0.05, 0.1) is 0 Å². The Hall–Kier alpha value is -1.34. The summed E-state index contributed by atoms with van der Waals surface area (Å²) in [6, 6.07) is 1.20. The van der Waals surface area contributed by atoms with Crippen molar-refractivity contribution in [1.82, 2.24) is 9.29 Å². The number of aromatic nitrogens is 1. The molecule has 7 heteroatoms. The average molecular weight is 300 g/mol. The van der Waals surface area contributed by atoms with Crippen LogP contribution in [0.1, 0.15) is 37.2 Å². The number of nitrogens with one attached hydrogen (secondary N) is 1. The molecule has 1 heterocycles. The third-order valence-electron chi connectivity index (χ3n) is 3.76. The largest absolute Gasteiger partial charge is 0.477 e. The number of nitrogens with zero attached hydrogens (tertiary/aromatic N) is 1. The molecule has 112 valence electrons. The minimum Gasteiger partial charge on any atom is -0.477 e. The van der Waals surface area contributed by atoms with Gasteiger partial charge >= 0.3 is 5.97 Å². The van der Waals surface area contributed by atoms with Crippen LogP contribution in [0.15, 0.2) is 17.2 Å². The molecular formula is C13H20N2O4S. The van der Waals surface area contributed by atoms with Crippen molar-refractivity contribution in [3.63, 3.8) is 0 Å². The highest BCUT2D eigenvalue weighted by Crippen LogP contribution is 2.36. The Bertz CT molecular complexity index is 602. The van der Waals surface area contributed by atoms with E-state index in [0.29, 0.717) is 24.9 Å². The first-order chi connectivity index (χ1) is 9.35. The minimum absolute atomic E-state index is 0.0110. The molecule has 1 atom stereocenters. The number of aryl methyl sites for hydroxylation is 1. The van der Waals surface area contributed by atoms with Crippen LogP contribution in [-0.4, -0.2) is 30.6 Å². The van der Waals surface area contributed by atoms with E-state index in [4.69, 9.17) is 5.11 Å². The van der Waals surface area contributed by atoms with Gasteiger partial charge in [0.25, 0.3) is 0 Å². The van der Waals surface area contributed by atoms with E-state index in [0.717, 1.165) is 12.8 Å². The van der Waals surface area contributed by atoms with Crippen molar-refractivity contribution >= 4 is 16.0 Å². The van der Waals surface area contributed by atoms with Crippen LogP contribution in [0.2, 0.25) is 0 Å². The second-order valence-corrected chi connectivity index (χ2v) is 7.09. The zero-order valence-corrected chi connectivity index (χ0v) is 12.5. The molecule has 1 aliphatic rings. The number of aromatic carboxylic acids is 1. The van der Waals surface area contributed by atoms with Gasteiger partial charge in [0, 0.05) is 19.3 Å². The zero-order valence-electron chi connectivity index (χ0n) is 11.7. The van der Waals surface area contributed by atoms with Crippen LogP contribution in [0, 0.1) is 11.8 Å². The smallest absolute Gasteiger partial charge is 0.352 e. The first-order valence-electron chi connectivity index (χ1n) is 6.78. The van der Waals surface area contributed by atoms with Gasteiger partial charge in [-0.2, -0.15) is 0 Å². The van der Waals surface area contributed by atoms with E-state index in [1.807, 2.05) is 6.92 Å². The molecule has 0 saturated heterocycles. The number of hydrogen-bond donors (Lipinski definition) is 2. The van der Waals surface area contributed by atoms with Crippen LogP contribution in [0.5, 0.6) is 0 Å². The fourth-order valence-corrected chi connectivity index (χ4v) is 3.41. The van der Waals surface area contributed by atoms with E-state index < -0.39 is 16.0 Å². The van der Waals surface area contributed by atoms with Crippen molar-refractivity contribution < 1.29 is 18.3 Å². The Morgan fingerprint density at radius 3 is 2.65 bits per heavy atom. The molecule has 1 saturated carbocycles. The molecule has 0 radical (unpaired) electrons. The molecule has 0 spiro atoms. The van der Waals surface area contributed by atoms with E-state index in [2.05, 4.69) is 4.72 Å². The van der Waals surface area contributed by atoms with Gasteiger partial charge < -0.3 is 9.67 Å². The molecule has 0 bridgehead atoms. The number of carbonyl (C=O) groups is 1. The third kappa shape index (κ3) is 3.21. The van der Waals surface area contributed by atoms with Crippen LogP contribution in [0.3, 0.4) is 0 Å². The van der Waals surface area contributed by atoms with Crippen molar-refractivity contribution in [1.29, 1.82) is 0 Å². The summed E-state index contributed by atoms with van der Waals surface area (Å²) in [5.41, 5.74) is -0.0110. The first-order valence-corrected chi connectivity index (χ1v) is 8.26. The predicted molar refractivity (Wildman–Crippen MR) is 74.1 cm³/mol. The van der Waals surface area contributed by atoms with Gasteiger partial charge in [-0.3, -0.25) is 0 Å². The summed E-state index contributed by atoms with van der Waals surface area (Å²) in [5.74, 6) is -0.191. The normalized spacial score (nSPS) is 17.1. The first kappa shape index (κ1) is 15.1. The number of hydrogen-bond acceptors (Lipinski definition) is 3. The molecule has 2 N–H and O–H groups in total. The van der Waals surface area contributed by atoms with Gasteiger partial charge in [-0.1, -0.05) is 6.92 Å². The van der Waals surface area contributed by atoms with Crippen LogP contribution in [-0.2, 0) is 16.6 Å². The highest BCUT2D eigenvalue weighted by molar-refractivity contribution is 7.89. The number of sulfonamides is 1. The molecule has 1 fully saturated rings. The molecule has 2 rings (SSSR count). The van der Waals surface area contributed by atoms with Gasteiger partial charge in [-0.25, -0.2) is 17.9 Å². The van der Waals surface area contributed by atoms with E-state index >= 15 is 0 Å². The fourth-order valence-electron chi connectivity index (χ4n) is 2.23. The lowest BCUT2D eigenvalue weighted by Crippen LogP contribution is -2.29. The summed E-state index contributed by atoms with van der Waals surface area (Å²) in [6.45, 7) is 4.61. The molecule has 1 unspecified atom stereocenters. The Morgan fingerprint density at radius 1 is 1.55 bits per heavy atom. The van der Waals surface area contributed by atoms with Crippen molar-refractivity contribution in [2.24, 2.45) is 11.8 Å². The van der Waals surface area contributed by atoms with Crippen molar-refractivity contribution in [2.75, 3.05) is 6.54 Å². The summed E-state index contributed by atoms with van der Waals surface area (Å²) < 4.78 is 28.3. The second-order valence-electron chi connectivity index (χ2n) is 5.32. The molecular weight excluding hydrogens is 280 g/mol. The Labute approximate surface area is 118 Å². The van der Waals surface area contributed by atoms with E-state index in [1.54, 1.807) is 6.92 Å². The predicted octanol–water partition coefficient (Wildman–Crippen LogP) is 1.53. The zero-order chi connectivity index (χ0) is 14.9. The summed E-state index contributed by atoms with van der Waals surface area (Å²) >= 11 is 0. The van der Waals surface area contributed by atoms with E-state index in [-0.39, 0.29) is 10.6 Å². The molecule has 0 aliphatic heterocycles. The Kier molecular flexibility index (Phi) is 4.19. The number of carboxylic acids is 1. The minimum atomic E-state index is -3.64. The topological polar surface area (TPSA) is 88.4 Å². The van der Waals surface area contributed by atoms with Crippen LogP contribution in [0.25, 0.3) is 0 Å². The monoisotopic (exact) mass is 300 g/mol. The Morgan fingerprint density at radius 2 is 2.20 bits per heavy atom. The van der Waals surface area contributed by atoms with Crippen molar-refractivity contribution in [3.05, 3.63) is 18.0 Å². The van der Waals surface area contributed by atoms with Crippen LogP contribution < -0.4 is 4.72 Å². The quantitative estimate of drug-likeness (QED) is 0.799. The third-order valence-corrected chi connectivity index (χ3v) is 5.15. The number of rotatable bonds is 7. The second kappa shape index (κ2) is 5.57. The van der Waals surface area contributed by atoms with Gasteiger partial charge in [-0.15, -0.1) is 0 Å². The van der Waals surface area contributed by atoms with E-state index in [1.165, 1.54) is 16.8 Å². The summed E-state index contributed by atoms with van der Waals surface area (Å²) in [7, 11) is -3.64. The maximum absolute atomic E-state index is 12.2. The summed E-state index contributed by atoms with van der Waals surface area (Å²) in [4.78, 5) is 11.1. The molecule has 0 aromatic carbocycles. The van der Waals surface area contributed by atoms with Gasteiger partial charge in [-0.05, 0) is 37.7 Å². The standard InChI is InChI=1S/C13H20N2O4S/c1-3-15-8-11(6-12(15)13(16)17)20(18,19)14-7-9(2)10-4-5-10/h6,8-10,14H,3-5,7H2,1-2H3,(H,16,17). The average Bonchev–Trinajstić information content (AvgIpc) is 3.13. The fraction of sp³-hybridized carbons (Fsp3) is 0.615. The lowest BCUT2D eigenvalue weighted by molar-refractivity contribution is 0.0685. The Balaban J connectivity index is 2.14. The molecule has 6 nitrogen and oxygen atoms in total. The van der Waals surface area contributed by atoms with Crippen LogP contribution in [0.4, 0.5) is 0 Å². The lowest BCUT2D eigenvalue weighted by atomic mass is 10.1. The number of carboxylic acid groups (broad SMARTS) is 1. The summed E-state index contributed by atoms with van der Waals surface area (Å²) in [6.07, 6.45) is 3.70. The van der Waals surface area contributed by atoms with Gasteiger partial charge in [0.15, 0.2) is 0 Å². The molecule has 1 aromatic rings. The van der Waals surface area contributed by atoms with Crippen LogP contribution >= 0.6 is 0 Å². The van der Waals surface area contributed by atoms with Gasteiger partial charge in [0.2, 0.25) is 10.0 Å². The van der Waals surface area contributed by atoms with Gasteiger partial charge in [0.1, 0.15) is 10.6 Å². The molecule has 1 aliphatic carbocycles. The highest BCUT2D eigenvalue weighted by Gasteiger charge is 2.29. The highest BCUT2D eigenvalue weighted by atomic mass is 32.2. The van der Waals surface area contributed by atoms with Crippen molar-refractivity contribution in [2.45, 2.75) is 38.1 Å². The van der Waals surface area contributed by atoms with E-state index in [9.17, 15) is 13.2 Å². The maximum Gasteiger partial charge on any atom is 0.352 e. The molecule has 1 aromatic heterocycles. The summed E-state index contributed by atoms with van der Waals surface area (Å²) in [5, 5.41) is 9.04. The molecule has 20 heavy (non-hydrogen) atoms. The molecule has 0 amide bonds. The lowest BCUT2D eigenvalue weighted by Gasteiger charge is -2.10. The van der Waals surface area contributed by atoms with Crippen molar-refractivity contribution in [3.8, 4) is 0 Å². The maximum atomic E-state index is 12.2. The SMILES string of the molecule is CCn1cc(S(=O)(=O)NCC(C)C2CC2)cc1C(=O)O.